The Morgan fingerprint density at radius 3 is 0.725 bits per heavy atom. The van der Waals surface area contributed by atoms with Crippen molar-refractivity contribution >= 4 is 0 Å². The lowest BCUT2D eigenvalue weighted by Crippen LogP contribution is -1.94. The summed E-state index contributed by atoms with van der Waals surface area (Å²) in [5.74, 6) is 5.36. The molecule has 5 rings (SSSR count). The molecule has 0 saturated carbocycles. The summed E-state index contributed by atoms with van der Waals surface area (Å²) in [6, 6.07) is 39.3. The number of ether oxygens (including phenoxy) is 1. The molecule has 5 aromatic rings. The Morgan fingerprint density at radius 2 is 0.510 bits per heavy atom. The first-order chi connectivity index (χ1) is 24.1. The van der Waals surface area contributed by atoms with Crippen molar-refractivity contribution in [2.45, 2.75) is 132 Å². The Hall–Kier alpha value is -4.10. The molecule has 0 heterocycles. The summed E-state index contributed by atoms with van der Waals surface area (Å²) in [5.41, 5.74) is 13.8. The van der Waals surface area contributed by atoms with E-state index in [1.165, 1.54) is 55.6 Å². The maximum Gasteiger partial charge on any atom is 0.127 e. The van der Waals surface area contributed by atoms with Gasteiger partial charge >= 0.3 is 0 Å². The predicted octanol–water partition coefficient (Wildman–Crippen LogP) is 15.9. The molecule has 0 atom stereocenters. The summed E-state index contributed by atoms with van der Waals surface area (Å²) < 4.78 is 5.85. The minimum Gasteiger partial charge on any atom is -0.457 e. The van der Waals surface area contributed by atoms with E-state index in [-0.39, 0.29) is 0 Å². The lowest BCUT2D eigenvalue weighted by atomic mass is 9.90. The van der Waals surface area contributed by atoms with Crippen molar-refractivity contribution in [1.29, 1.82) is 0 Å². The predicted molar refractivity (Wildman–Crippen MR) is 225 cm³/mol. The molecule has 1 nitrogen and oxygen atoms in total. The van der Waals surface area contributed by atoms with Gasteiger partial charge < -0.3 is 4.74 Å². The van der Waals surface area contributed by atoms with Gasteiger partial charge in [0.05, 0.1) is 0 Å². The molecule has 5 aromatic carbocycles. The summed E-state index contributed by atoms with van der Waals surface area (Å²) in [7, 11) is 0. The molecule has 0 saturated heterocycles. The monoisotopic (exact) mass is 683 g/mol. The summed E-state index contributed by atoms with van der Waals surface area (Å²) in [6.45, 7) is 31.1. The highest BCUT2D eigenvalue weighted by Gasteiger charge is 2.10. The molecule has 0 spiro atoms. The molecule has 0 aliphatic carbocycles. The minimum absolute atomic E-state index is 0.555. The molecule has 1 heteroatoms. The molecule has 0 aliphatic rings. The number of hydrogen-bond acceptors (Lipinski definition) is 1. The van der Waals surface area contributed by atoms with Gasteiger partial charge in [-0.25, -0.2) is 0 Å². The van der Waals surface area contributed by atoms with Crippen LogP contribution in [0.3, 0.4) is 0 Å². The second kappa shape index (κ2) is 19.5. The summed E-state index contributed by atoms with van der Waals surface area (Å²) in [6.07, 6.45) is 0. The number of aryl methyl sites for hydroxylation is 2. The Labute approximate surface area is 312 Å². The summed E-state index contributed by atoms with van der Waals surface area (Å²) in [4.78, 5) is 0. The highest BCUT2D eigenvalue weighted by Crippen LogP contribution is 2.31. The van der Waals surface area contributed by atoms with Crippen molar-refractivity contribution in [3.8, 4) is 22.6 Å². The molecule has 272 valence electrons. The third-order valence-electron chi connectivity index (χ3n) is 9.72. The first-order valence-corrected chi connectivity index (χ1v) is 19.3. The first-order valence-electron chi connectivity index (χ1n) is 19.3. The lowest BCUT2D eigenvalue weighted by molar-refractivity contribution is 0.482. The van der Waals surface area contributed by atoms with E-state index < -0.39 is 0 Å². The molecule has 0 amide bonds. The van der Waals surface area contributed by atoms with Gasteiger partial charge in [-0.1, -0.05) is 168 Å². The van der Waals surface area contributed by atoms with Crippen LogP contribution in [0.15, 0.2) is 109 Å². The van der Waals surface area contributed by atoms with E-state index in [1.54, 1.807) is 0 Å². The molecule has 0 N–H and O–H groups in total. The third-order valence-corrected chi connectivity index (χ3v) is 9.72. The van der Waals surface area contributed by atoms with E-state index in [4.69, 9.17) is 4.74 Å². The molecule has 0 radical (unpaired) electrons. The van der Waals surface area contributed by atoms with Gasteiger partial charge in [0.25, 0.3) is 0 Å². The first kappa shape index (κ1) is 41.3. The van der Waals surface area contributed by atoms with Crippen molar-refractivity contribution in [3.05, 3.63) is 154 Å². The van der Waals surface area contributed by atoms with Crippen LogP contribution in [-0.2, 0) is 0 Å². The molecular weight excluding hydrogens is 617 g/mol. The summed E-state index contributed by atoms with van der Waals surface area (Å²) >= 11 is 0. The number of hydrogen-bond donors (Lipinski definition) is 0. The second-order valence-electron chi connectivity index (χ2n) is 16.0. The van der Waals surface area contributed by atoms with Gasteiger partial charge in [0, 0.05) is 0 Å². The normalized spacial score (nSPS) is 11.2. The van der Waals surface area contributed by atoms with Crippen molar-refractivity contribution in [2.24, 2.45) is 0 Å². The largest absolute Gasteiger partial charge is 0.457 e. The van der Waals surface area contributed by atoms with Gasteiger partial charge in [-0.05, 0) is 129 Å². The van der Waals surface area contributed by atoms with Gasteiger partial charge in [-0.3, -0.25) is 0 Å². The van der Waals surface area contributed by atoms with Gasteiger partial charge in [0.15, 0.2) is 0 Å². The van der Waals surface area contributed by atoms with Crippen LogP contribution in [0, 0.1) is 13.8 Å². The van der Waals surface area contributed by atoms with Crippen molar-refractivity contribution in [1.82, 2.24) is 0 Å². The van der Waals surface area contributed by atoms with Crippen molar-refractivity contribution < 1.29 is 4.74 Å². The van der Waals surface area contributed by atoms with E-state index >= 15 is 0 Å². The quantitative estimate of drug-likeness (QED) is 0.150. The van der Waals surface area contributed by atoms with E-state index in [9.17, 15) is 0 Å². The van der Waals surface area contributed by atoms with Crippen LogP contribution < -0.4 is 4.74 Å². The van der Waals surface area contributed by atoms with Crippen LogP contribution in [-0.4, -0.2) is 0 Å². The fraction of sp³-hybridized carbons (Fsp3) is 0.400. The fourth-order valence-electron chi connectivity index (χ4n) is 5.94. The van der Waals surface area contributed by atoms with E-state index in [0.29, 0.717) is 35.5 Å². The Kier molecular flexibility index (Phi) is 15.8. The molecule has 51 heavy (non-hydrogen) atoms. The average molecular weight is 683 g/mol. The van der Waals surface area contributed by atoms with Gasteiger partial charge in [0.1, 0.15) is 11.5 Å². The molecule has 0 fully saturated rings. The third kappa shape index (κ3) is 12.6. The Bertz CT molecular complexity index is 1620. The van der Waals surface area contributed by atoms with E-state index in [0.717, 1.165) is 11.5 Å². The maximum absolute atomic E-state index is 5.85. The average Bonchev–Trinajstić information content (AvgIpc) is 3.09. The SMILES string of the molecule is CC(C)c1ccc(C(C)C)cc1.CC(C)c1ccc(Oc2ccc(C(C)C)cc2)cc1.Cc1cc(C(C)C)ccc1-c1ccc(C(C)C)cc1C. The number of benzene rings is 5. The van der Waals surface area contributed by atoms with Gasteiger partial charge in [0.2, 0.25) is 0 Å². The lowest BCUT2D eigenvalue weighted by Gasteiger charge is -2.15. The van der Waals surface area contributed by atoms with Crippen LogP contribution in [0.4, 0.5) is 0 Å². The van der Waals surface area contributed by atoms with Crippen molar-refractivity contribution in [2.75, 3.05) is 0 Å². The smallest absolute Gasteiger partial charge is 0.127 e. The van der Waals surface area contributed by atoms with Crippen LogP contribution in [0.1, 0.15) is 163 Å². The maximum atomic E-state index is 5.85. The Morgan fingerprint density at radius 1 is 0.294 bits per heavy atom. The fourth-order valence-corrected chi connectivity index (χ4v) is 5.94. The zero-order valence-corrected chi connectivity index (χ0v) is 34.3. The molecule has 0 unspecified atom stereocenters. The number of rotatable bonds is 9. The molecule has 0 aromatic heterocycles. The highest BCUT2D eigenvalue weighted by atomic mass is 16.5. The van der Waals surface area contributed by atoms with Crippen LogP contribution in [0.2, 0.25) is 0 Å². The van der Waals surface area contributed by atoms with Crippen LogP contribution in [0.5, 0.6) is 11.5 Å². The molecule has 0 aliphatic heterocycles. The topological polar surface area (TPSA) is 9.23 Å². The molecular formula is C50H66O. The zero-order chi connectivity index (χ0) is 37.8. The van der Waals surface area contributed by atoms with Gasteiger partial charge in [-0.15, -0.1) is 0 Å². The van der Waals surface area contributed by atoms with E-state index in [1.807, 2.05) is 24.3 Å². The molecule has 0 bridgehead atoms. The van der Waals surface area contributed by atoms with Crippen LogP contribution >= 0.6 is 0 Å². The zero-order valence-electron chi connectivity index (χ0n) is 34.3. The minimum atomic E-state index is 0.555. The highest BCUT2D eigenvalue weighted by molar-refractivity contribution is 5.71. The van der Waals surface area contributed by atoms with Crippen molar-refractivity contribution in [3.63, 3.8) is 0 Å². The second-order valence-corrected chi connectivity index (χ2v) is 16.0. The Balaban J connectivity index is 0.000000213. The van der Waals surface area contributed by atoms with Gasteiger partial charge in [-0.2, -0.15) is 0 Å². The standard InChI is InChI=1S/C20H26.C18H22O.C12H18/c1-13(2)17-7-9-19(15(5)11-17)20-10-8-18(14(3)4)12-16(20)6;1-13(2)15-5-9-17(10-6-15)19-18-11-7-16(8-12-18)14(3)4;1-9(2)11-5-7-12(8-6-11)10(3)4/h7-14H,1-6H3;5-14H,1-4H3;5-10H,1-4H3. The van der Waals surface area contributed by atoms with E-state index in [2.05, 4.69) is 182 Å². The van der Waals surface area contributed by atoms with Crippen LogP contribution in [0.25, 0.3) is 11.1 Å². The summed E-state index contributed by atoms with van der Waals surface area (Å²) in [5, 5.41) is 0.